The molecule has 2 aromatic rings. The molecule has 0 radical (unpaired) electrons. The van der Waals surface area contributed by atoms with Crippen LogP contribution in [0, 0.1) is 0 Å². The number of aliphatic carboxylic acids is 1. The summed E-state index contributed by atoms with van der Waals surface area (Å²) in [6.07, 6.45) is 0.896. The SMILES string of the molecule is O=C(O)CN1CCc2ccsc2C1c1ccccc1Cl. The number of carbonyl (C=O) groups is 1. The highest BCUT2D eigenvalue weighted by atomic mass is 35.5. The lowest BCUT2D eigenvalue weighted by atomic mass is 9.95. The van der Waals surface area contributed by atoms with E-state index in [1.54, 1.807) is 11.3 Å². The maximum Gasteiger partial charge on any atom is 0.317 e. The minimum atomic E-state index is -0.804. The van der Waals surface area contributed by atoms with E-state index in [4.69, 9.17) is 16.7 Å². The Morgan fingerprint density at radius 3 is 2.95 bits per heavy atom. The first-order valence-electron chi connectivity index (χ1n) is 6.43. The van der Waals surface area contributed by atoms with Gasteiger partial charge in [-0.2, -0.15) is 0 Å². The van der Waals surface area contributed by atoms with Crippen LogP contribution in [-0.4, -0.2) is 29.1 Å². The van der Waals surface area contributed by atoms with E-state index in [9.17, 15) is 4.79 Å². The predicted molar refractivity (Wildman–Crippen MR) is 80.5 cm³/mol. The monoisotopic (exact) mass is 307 g/mol. The number of carboxylic acid groups (broad SMARTS) is 1. The van der Waals surface area contributed by atoms with Gasteiger partial charge in [0, 0.05) is 16.4 Å². The molecule has 20 heavy (non-hydrogen) atoms. The number of hydrogen-bond donors (Lipinski definition) is 1. The fraction of sp³-hybridized carbons (Fsp3) is 0.267. The van der Waals surface area contributed by atoms with Gasteiger partial charge in [0.25, 0.3) is 0 Å². The molecule has 1 N–H and O–H groups in total. The van der Waals surface area contributed by atoms with Gasteiger partial charge in [-0.3, -0.25) is 9.69 Å². The highest BCUT2D eigenvalue weighted by molar-refractivity contribution is 7.10. The van der Waals surface area contributed by atoms with E-state index >= 15 is 0 Å². The minimum absolute atomic E-state index is 0.0350. The number of rotatable bonds is 3. The molecule has 0 amide bonds. The van der Waals surface area contributed by atoms with Crippen LogP contribution in [0.4, 0.5) is 0 Å². The molecule has 0 spiro atoms. The zero-order valence-electron chi connectivity index (χ0n) is 10.8. The first-order valence-corrected chi connectivity index (χ1v) is 7.69. The summed E-state index contributed by atoms with van der Waals surface area (Å²) in [4.78, 5) is 14.3. The van der Waals surface area contributed by atoms with Crippen LogP contribution in [0.2, 0.25) is 5.02 Å². The van der Waals surface area contributed by atoms with Gasteiger partial charge >= 0.3 is 5.97 Å². The van der Waals surface area contributed by atoms with Crippen LogP contribution in [0.1, 0.15) is 22.0 Å². The van der Waals surface area contributed by atoms with Gasteiger partial charge in [0.05, 0.1) is 12.6 Å². The molecule has 3 nitrogen and oxygen atoms in total. The number of halogens is 1. The zero-order valence-corrected chi connectivity index (χ0v) is 12.3. The highest BCUT2D eigenvalue weighted by Crippen LogP contribution is 2.40. The number of fused-ring (bicyclic) bond motifs is 1. The summed E-state index contributed by atoms with van der Waals surface area (Å²) in [5, 5.41) is 11.9. The number of nitrogens with zero attached hydrogens (tertiary/aromatic N) is 1. The van der Waals surface area contributed by atoms with Gasteiger partial charge in [0.15, 0.2) is 0 Å². The molecule has 104 valence electrons. The number of hydrogen-bond acceptors (Lipinski definition) is 3. The maximum absolute atomic E-state index is 11.1. The van der Waals surface area contributed by atoms with Crippen molar-refractivity contribution < 1.29 is 9.90 Å². The normalized spacial score (nSPS) is 18.8. The van der Waals surface area contributed by atoms with E-state index in [0.29, 0.717) is 5.02 Å². The first kappa shape index (κ1) is 13.6. The molecule has 0 fully saturated rings. The Morgan fingerprint density at radius 1 is 1.40 bits per heavy atom. The average molecular weight is 308 g/mol. The number of carboxylic acids is 1. The second kappa shape index (κ2) is 5.56. The van der Waals surface area contributed by atoms with Crippen molar-refractivity contribution in [3.8, 4) is 0 Å². The quantitative estimate of drug-likeness (QED) is 0.944. The van der Waals surface area contributed by atoms with Crippen LogP contribution in [0.25, 0.3) is 0 Å². The smallest absolute Gasteiger partial charge is 0.317 e. The molecule has 0 bridgehead atoms. The molecule has 1 aliphatic heterocycles. The van der Waals surface area contributed by atoms with Crippen LogP contribution < -0.4 is 0 Å². The lowest BCUT2D eigenvalue weighted by Gasteiger charge is -2.35. The van der Waals surface area contributed by atoms with Crippen LogP contribution in [-0.2, 0) is 11.2 Å². The van der Waals surface area contributed by atoms with Crippen LogP contribution >= 0.6 is 22.9 Å². The van der Waals surface area contributed by atoms with Gasteiger partial charge in [-0.15, -0.1) is 11.3 Å². The molecule has 1 aromatic heterocycles. The fourth-order valence-electron chi connectivity index (χ4n) is 2.73. The molecular formula is C15H14ClNO2S. The molecular weight excluding hydrogens is 294 g/mol. The molecule has 5 heteroatoms. The second-order valence-electron chi connectivity index (χ2n) is 4.85. The van der Waals surface area contributed by atoms with Crippen molar-refractivity contribution in [1.82, 2.24) is 4.90 Å². The molecule has 0 aliphatic carbocycles. The maximum atomic E-state index is 11.1. The van der Waals surface area contributed by atoms with Gasteiger partial charge in [0.2, 0.25) is 0 Å². The average Bonchev–Trinajstić information content (AvgIpc) is 2.87. The van der Waals surface area contributed by atoms with Crippen molar-refractivity contribution in [1.29, 1.82) is 0 Å². The lowest BCUT2D eigenvalue weighted by molar-refractivity contribution is -0.138. The third kappa shape index (κ3) is 2.46. The molecule has 2 heterocycles. The second-order valence-corrected chi connectivity index (χ2v) is 6.20. The van der Waals surface area contributed by atoms with E-state index in [1.165, 1.54) is 10.4 Å². The molecule has 0 saturated heterocycles. The fourth-order valence-corrected chi connectivity index (χ4v) is 4.08. The summed E-state index contributed by atoms with van der Waals surface area (Å²) in [6.45, 7) is 0.777. The van der Waals surface area contributed by atoms with Gasteiger partial charge in [-0.1, -0.05) is 29.8 Å². The summed E-state index contributed by atoms with van der Waals surface area (Å²) in [5.74, 6) is -0.804. The van der Waals surface area contributed by atoms with Crippen molar-refractivity contribution in [2.45, 2.75) is 12.5 Å². The summed E-state index contributed by atoms with van der Waals surface area (Å²) in [7, 11) is 0. The zero-order chi connectivity index (χ0) is 14.1. The summed E-state index contributed by atoms with van der Waals surface area (Å²) in [6, 6.07) is 9.76. The first-order chi connectivity index (χ1) is 9.66. The van der Waals surface area contributed by atoms with Crippen LogP contribution in [0.5, 0.6) is 0 Å². The van der Waals surface area contributed by atoms with E-state index in [1.807, 2.05) is 29.2 Å². The lowest BCUT2D eigenvalue weighted by Crippen LogP contribution is -2.38. The van der Waals surface area contributed by atoms with Gasteiger partial charge in [-0.05, 0) is 35.1 Å². The van der Waals surface area contributed by atoms with Crippen molar-refractivity contribution in [2.24, 2.45) is 0 Å². The predicted octanol–water partition coefficient (Wildman–Crippen LogP) is 3.43. The van der Waals surface area contributed by atoms with Crippen LogP contribution in [0.3, 0.4) is 0 Å². The molecule has 1 atom stereocenters. The topological polar surface area (TPSA) is 40.5 Å². The van der Waals surface area contributed by atoms with E-state index < -0.39 is 5.97 Å². The Balaban J connectivity index is 2.07. The Bertz CT molecular complexity index is 640. The summed E-state index contributed by atoms with van der Waals surface area (Å²) in [5.41, 5.74) is 2.29. The van der Waals surface area contributed by atoms with E-state index in [-0.39, 0.29) is 12.6 Å². The number of benzene rings is 1. The molecule has 0 saturated carbocycles. The molecule has 1 aliphatic rings. The number of thiophene rings is 1. The third-order valence-electron chi connectivity index (χ3n) is 3.60. The third-order valence-corrected chi connectivity index (χ3v) is 4.96. The summed E-state index contributed by atoms with van der Waals surface area (Å²) >= 11 is 8.00. The molecule has 3 rings (SSSR count). The van der Waals surface area contributed by atoms with E-state index in [2.05, 4.69) is 11.4 Å². The van der Waals surface area contributed by atoms with Crippen LogP contribution in [0.15, 0.2) is 35.7 Å². The Hall–Kier alpha value is -1.36. The largest absolute Gasteiger partial charge is 0.480 e. The molecule has 1 aromatic carbocycles. The van der Waals surface area contributed by atoms with E-state index in [0.717, 1.165) is 18.5 Å². The standard InChI is InChI=1S/C15H14ClNO2S/c16-12-4-2-1-3-11(12)14-15-10(6-8-20-15)5-7-17(14)9-13(18)19/h1-4,6,8,14H,5,7,9H2,(H,18,19). The Kier molecular flexibility index (Phi) is 3.78. The van der Waals surface area contributed by atoms with Gasteiger partial charge in [-0.25, -0.2) is 0 Å². The van der Waals surface area contributed by atoms with Crippen molar-refractivity contribution in [3.63, 3.8) is 0 Å². The highest BCUT2D eigenvalue weighted by Gasteiger charge is 2.32. The van der Waals surface area contributed by atoms with Gasteiger partial charge < -0.3 is 5.11 Å². The Labute approximate surface area is 126 Å². The van der Waals surface area contributed by atoms with Crippen molar-refractivity contribution in [3.05, 3.63) is 56.7 Å². The molecule has 1 unspecified atom stereocenters. The van der Waals surface area contributed by atoms with Crippen molar-refractivity contribution in [2.75, 3.05) is 13.1 Å². The van der Waals surface area contributed by atoms with Crippen molar-refractivity contribution >= 4 is 28.9 Å². The minimum Gasteiger partial charge on any atom is -0.480 e. The Morgan fingerprint density at radius 2 is 2.20 bits per heavy atom. The summed E-state index contributed by atoms with van der Waals surface area (Å²) < 4.78 is 0. The van der Waals surface area contributed by atoms with Gasteiger partial charge in [0.1, 0.15) is 0 Å².